The monoisotopic (exact) mass is 331 g/mol. The molecule has 2 N–H and O–H groups in total. The van der Waals surface area contributed by atoms with E-state index in [1.54, 1.807) is 7.11 Å². The number of benzene rings is 1. The van der Waals surface area contributed by atoms with E-state index in [4.69, 9.17) is 9.47 Å². The molecule has 1 atom stereocenters. The average Bonchev–Trinajstić information content (AvgIpc) is 2.57. The van der Waals surface area contributed by atoms with E-state index in [2.05, 4.69) is 5.32 Å². The lowest BCUT2D eigenvalue weighted by atomic mass is 9.53. The zero-order valence-corrected chi connectivity index (χ0v) is 14.5. The molecule has 4 heteroatoms. The van der Waals surface area contributed by atoms with Crippen LogP contribution in [-0.4, -0.2) is 37.0 Å². The summed E-state index contributed by atoms with van der Waals surface area (Å²) in [5.41, 5.74) is 0.301. The van der Waals surface area contributed by atoms with Crippen LogP contribution in [0.4, 0.5) is 0 Å². The Morgan fingerprint density at radius 2 is 1.58 bits per heavy atom. The number of hydrogen-bond donors (Lipinski definition) is 2. The molecule has 4 nitrogen and oxygen atoms in total. The van der Waals surface area contributed by atoms with Crippen LogP contribution in [0.5, 0.6) is 11.5 Å². The SMILES string of the molecule is COc1ccc(OCC(O)CNC23CC4CC(CC(C4)C2)C3)cc1. The Hall–Kier alpha value is -1.26. The highest BCUT2D eigenvalue weighted by Gasteiger charge is 2.50. The van der Waals surface area contributed by atoms with Crippen molar-refractivity contribution in [3.63, 3.8) is 0 Å². The quantitative estimate of drug-likeness (QED) is 0.806. The lowest BCUT2D eigenvalue weighted by molar-refractivity contribution is -0.0266. The van der Waals surface area contributed by atoms with Crippen LogP contribution in [-0.2, 0) is 0 Å². The van der Waals surface area contributed by atoms with Crippen molar-refractivity contribution in [2.45, 2.75) is 50.2 Å². The second kappa shape index (κ2) is 6.57. The molecular weight excluding hydrogens is 302 g/mol. The van der Waals surface area contributed by atoms with Gasteiger partial charge < -0.3 is 19.9 Å². The van der Waals surface area contributed by atoms with Crippen LogP contribution in [0.2, 0.25) is 0 Å². The first-order chi connectivity index (χ1) is 11.6. The Bertz CT molecular complexity index is 521. The number of hydrogen-bond acceptors (Lipinski definition) is 4. The number of aliphatic hydroxyl groups excluding tert-OH is 1. The van der Waals surface area contributed by atoms with Crippen LogP contribution < -0.4 is 14.8 Å². The average molecular weight is 331 g/mol. The molecular formula is C20H29NO3. The van der Waals surface area contributed by atoms with E-state index in [0.29, 0.717) is 18.7 Å². The molecule has 0 heterocycles. The van der Waals surface area contributed by atoms with Gasteiger partial charge in [-0.05, 0) is 80.5 Å². The van der Waals surface area contributed by atoms with Crippen molar-refractivity contribution in [2.75, 3.05) is 20.3 Å². The fourth-order valence-electron chi connectivity index (χ4n) is 5.58. The Balaban J connectivity index is 1.25. The van der Waals surface area contributed by atoms with Gasteiger partial charge in [-0.3, -0.25) is 0 Å². The minimum absolute atomic E-state index is 0.301. The first-order valence-electron chi connectivity index (χ1n) is 9.34. The lowest BCUT2D eigenvalue weighted by Crippen LogP contribution is -2.59. The van der Waals surface area contributed by atoms with Crippen LogP contribution in [0, 0.1) is 17.8 Å². The standard InChI is InChI=1S/C20H29NO3/c1-23-18-2-4-19(5-3-18)24-13-17(22)12-21-20-9-14-6-15(10-20)8-16(7-14)11-20/h2-5,14-17,21-22H,6-13H2,1H3. The van der Waals surface area contributed by atoms with Crippen molar-refractivity contribution in [1.29, 1.82) is 0 Å². The van der Waals surface area contributed by atoms with Crippen LogP contribution >= 0.6 is 0 Å². The number of ether oxygens (including phenoxy) is 2. The molecule has 0 aliphatic heterocycles. The van der Waals surface area contributed by atoms with Gasteiger partial charge in [-0.1, -0.05) is 0 Å². The van der Waals surface area contributed by atoms with Crippen LogP contribution in [0.25, 0.3) is 0 Å². The van der Waals surface area contributed by atoms with E-state index in [1.165, 1.54) is 38.5 Å². The molecule has 0 saturated heterocycles. The van der Waals surface area contributed by atoms with E-state index < -0.39 is 6.10 Å². The van der Waals surface area contributed by atoms with Gasteiger partial charge in [0.2, 0.25) is 0 Å². The van der Waals surface area contributed by atoms with Crippen LogP contribution in [0.3, 0.4) is 0 Å². The fourth-order valence-corrected chi connectivity index (χ4v) is 5.58. The minimum atomic E-state index is -0.472. The molecule has 0 radical (unpaired) electrons. The molecule has 1 unspecified atom stereocenters. The Morgan fingerprint density at radius 1 is 1.04 bits per heavy atom. The normalized spacial score (nSPS) is 35.0. The van der Waals surface area contributed by atoms with E-state index in [0.717, 1.165) is 29.3 Å². The molecule has 0 aromatic heterocycles. The topological polar surface area (TPSA) is 50.7 Å². The maximum absolute atomic E-state index is 10.3. The summed E-state index contributed by atoms with van der Waals surface area (Å²) < 4.78 is 10.8. The number of nitrogens with one attached hydrogen (secondary N) is 1. The number of methoxy groups -OCH3 is 1. The molecule has 1 aromatic rings. The summed E-state index contributed by atoms with van der Waals surface area (Å²) in [4.78, 5) is 0. The molecule has 4 bridgehead atoms. The fraction of sp³-hybridized carbons (Fsp3) is 0.700. The summed E-state index contributed by atoms with van der Waals surface area (Å²) in [6.45, 7) is 0.952. The Morgan fingerprint density at radius 3 is 2.12 bits per heavy atom. The number of aliphatic hydroxyl groups is 1. The summed E-state index contributed by atoms with van der Waals surface area (Å²) >= 11 is 0. The number of β-amino-alcohol motifs (C(OH)–C–C–N with tert-alkyl or cyclic N) is 1. The maximum Gasteiger partial charge on any atom is 0.119 e. The highest BCUT2D eigenvalue weighted by Crippen LogP contribution is 2.55. The van der Waals surface area contributed by atoms with Crippen LogP contribution in [0.15, 0.2) is 24.3 Å². The molecule has 1 aromatic carbocycles. The first kappa shape index (κ1) is 16.2. The van der Waals surface area contributed by atoms with Crippen molar-refractivity contribution in [3.8, 4) is 11.5 Å². The summed E-state index contributed by atoms with van der Waals surface area (Å²) in [6, 6.07) is 7.49. The molecule has 24 heavy (non-hydrogen) atoms. The van der Waals surface area contributed by atoms with E-state index in [1.807, 2.05) is 24.3 Å². The molecule has 0 spiro atoms. The van der Waals surface area contributed by atoms with E-state index in [9.17, 15) is 5.11 Å². The first-order valence-corrected chi connectivity index (χ1v) is 9.34. The van der Waals surface area contributed by atoms with Gasteiger partial charge in [0.05, 0.1) is 7.11 Å². The van der Waals surface area contributed by atoms with Gasteiger partial charge in [-0.25, -0.2) is 0 Å². The largest absolute Gasteiger partial charge is 0.497 e. The molecule has 4 aliphatic carbocycles. The third-order valence-electron chi connectivity index (χ3n) is 6.25. The predicted octanol–water partition coefficient (Wildman–Crippen LogP) is 2.99. The Labute approximate surface area is 144 Å². The Kier molecular flexibility index (Phi) is 4.44. The van der Waals surface area contributed by atoms with E-state index >= 15 is 0 Å². The van der Waals surface area contributed by atoms with Gasteiger partial charge in [-0.15, -0.1) is 0 Å². The van der Waals surface area contributed by atoms with Crippen molar-refractivity contribution in [2.24, 2.45) is 17.8 Å². The van der Waals surface area contributed by atoms with E-state index in [-0.39, 0.29) is 0 Å². The highest BCUT2D eigenvalue weighted by molar-refractivity contribution is 5.31. The minimum Gasteiger partial charge on any atom is -0.497 e. The summed E-state index contributed by atoms with van der Waals surface area (Å²) in [5.74, 6) is 4.36. The van der Waals surface area contributed by atoms with Crippen molar-refractivity contribution in [3.05, 3.63) is 24.3 Å². The maximum atomic E-state index is 10.3. The zero-order chi connectivity index (χ0) is 16.6. The van der Waals surface area contributed by atoms with Gasteiger partial charge in [0.1, 0.15) is 24.2 Å². The molecule has 4 saturated carbocycles. The van der Waals surface area contributed by atoms with Crippen molar-refractivity contribution >= 4 is 0 Å². The summed E-state index contributed by atoms with van der Waals surface area (Å²) in [6.07, 6.45) is 7.81. The smallest absolute Gasteiger partial charge is 0.119 e. The van der Waals surface area contributed by atoms with Gasteiger partial charge >= 0.3 is 0 Å². The molecule has 4 aliphatic rings. The van der Waals surface area contributed by atoms with Crippen LogP contribution in [0.1, 0.15) is 38.5 Å². The third kappa shape index (κ3) is 3.40. The van der Waals surface area contributed by atoms with Gasteiger partial charge in [0, 0.05) is 12.1 Å². The van der Waals surface area contributed by atoms with Gasteiger partial charge in [0.15, 0.2) is 0 Å². The second-order valence-electron chi connectivity index (χ2n) is 8.22. The predicted molar refractivity (Wildman–Crippen MR) is 93.4 cm³/mol. The summed E-state index contributed by atoms with van der Waals surface area (Å²) in [7, 11) is 1.65. The zero-order valence-electron chi connectivity index (χ0n) is 14.5. The summed E-state index contributed by atoms with van der Waals surface area (Å²) in [5, 5.41) is 14.0. The second-order valence-corrected chi connectivity index (χ2v) is 8.22. The lowest BCUT2D eigenvalue weighted by Gasteiger charge is -2.57. The highest BCUT2D eigenvalue weighted by atomic mass is 16.5. The molecule has 0 amide bonds. The molecule has 5 rings (SSSR count). The van der Waals surface area contributed by atoms with Crippen molar-refractivity contribution in [1.82, 2.24) is 5.32 Å². The molecule has 132 valence electrons. The van der Waals surface area contributed by atoms with Gasteiger partial charge in [0.25, 0.3) is 0 Å². The van der Waals surface area contributed by atoms with Gasteiger partial charge in [-0.2, -0.15) is 0 Å². The van der Waals surface area contributed by atoms with Crippen molar-refractivity contribution < 1.29 is 14.6 Å². The molecule has 4 fully saturated rings. The number of rotatable bonds is 7. The third-order valence-corrected chi connectivity index (χ3v) is 6.25.